The molecule has 0 amide bonds. The summed E-state index contributed by atoms with van der Waals surface area (Å²) in [6.45, 7) is 3.96. The van der Waals surface area contributed by atoms with Gasteiger partial charge in [-0.15, -0.1) is 0 Å². The zero-order chi connectivity index (χ0) is 12.9. The third-order valence-corrected chi connectivity index (χ3v) is 3.57. The summed E-state index contributed by atoms with van der Waals surface area (Å²) in [7, 11) is -3.39. The maximum Gasteiger partial charge on any atom is 0.217 e. The number of hydrogen-bond acceptors (Lipinski definition) is 5. The molecule has 2 N–H and O–H groups in total. The lowest BCUT2D eigenvalue weighted by Gasteiger charge is -2.10. The minimum Gasteiger partial charge on any atom is -0.396 e. The van der Waals surface area contributed by atoms with Gasteiger partial charge in [-0.1, -0.05) is 12.1 Å². The SMILES string of the molecule is Cc1cc(CS(=O)(=O)NCC(C)CCO)no1. The van der Waals surface area contributed by atoms with Gasteiger partial charge in [-0.05, 0) is 19.3 Å². The molecule has 1 aromatic heterocycles. The number of rotatable bonds is 7. The first kappa shape index (κ1) is 14.1. The molecule has 0 spiro atoms. The second-order valence-corrected chi connectivity index (χ2v) is 5.96. The number of sulfonamides is 1. The Morgan fingerprint density at radius 1 is 1.59 bits per heavy atom. The quantitative estimate of drug-likeness (QED) is 0.743. The molecule has 0 fully saturated rings. The molecular formula is C10H18N2O4S. The highest BCUT2D eigenvalue weighted by Gasteiger charge is 2.15. The molecule has 1 rings (SSSR count). The average Bonchev–Trinajstić information content (AvgIpc) is 2.61. The lowest BCUT2D eigenvalue weighted by molar-refractivity contribution is 0.263. The summed E-state index contributed by atoms with van der Waals surface area (Å²) in [5, 5.41) is 12.3. The molecule has 6 nitrogen and oxygen atoms in total. The van der Waals surface area contributed by atoms with Crippen LogP contribution >= 0.6 is 0 Å². The van der Waals surface area contributed by atoms with Crippen molar-refractivity contribution in [1.29, 1.82) is 0 Å². The molecule has 1 heterocycles. The first-order valence-electron chi connectivity index (χ1n) is 5.43. The lowest BCUT2D eigenvalue weighted by atomic mass is 10.1. The fourth-order valence-corrected chi connectivity index (χ4v) is 2.49. The molecular weight excluding hydrogens is 244 g/mol. The summed E-state index contributed by atoms with van der Waals surface area (Å²) in [5.41, 5.74) is 0.393. The number of aliphatic hydroxyl groups is 1. The van der Waals surface area contributed by atoms with Crippen molar-refractivity contribution in [2.24, 2.45) is 5.92 Å². The summed E-state index contributed by atoms with van der Waals surface area (Å²) in [6.07, 6.45) is 0.575. The molecule has 17 heavy (non-hydrogen) atoms. The first-order chi connectivity index (χ1) is 7.93. The van der Waals surface area contributed by atoms with E-state index in [9.17, 15) is 8.42 Å². The molecule has 0 radical (unpaired) electrons. The number of aromatic nitrogens is 1. The van der Waals surface area contributed by atoms with Gasteiger partial charge in [-0.25, -0.2) is 13.1 Å². The van der Waals surface area contributed by atoms with E-state index in [2.05, 4.69) is 9.88 Å². The van der Waals surface area contributed by atoms with Crippen LogP contribution in [0.1, 0.15) is 24.8 Å². The Morgan fingerprint density at radius 3 is 2.82 bits per heavy atom. The van der Waals surface area contributed by atoms with Gasteiger partial charge in [0.2, 0.25) is 10.0 Å². The Hall–Kier alpha value is -0.920. The van der Waals surface area contributed by atoms with Crippen LogP contribution in [-0.4, -0.2) is 31.8 Å². The van der Waals surface area contributed by atoms with Crippen molar-refractivity contribution in [2.45, 2.75) is 26.0 Å². The molecule has 1 aromatic rings. The zero-order valence-corrected chi connectivity index (χ0v) is 10.8. The topological polar surface area (TPSA) is 92.4 Å². The lowest BCUT2D eigenvalue weighted by Crippen LogP contribution is -2.30. The van der Waals surface area contributed by atoms with Crippen molar-refractivity contribution in [3.05, 3.63) is 17.5 Å². The first-order valence-corrected chi connectivity index (χ1v) is 7.08. The van der Waals surface area contributed by atoms with Crippen LogP contribution in [0, 0.1) is 12.8 Å². The fourth-order valence-electron chi connectivity index (χ4n) is 1.32. The Morgan fingerprint density at radius 2 is 2.29 bits per heavy atom. The van der Waals surface area contributed by atoms with E-state index in [0.29, 0.717) is 24.4 Å². The van der Waals surface area contributed by atoms with Crippen molar-refractivity contribution in [3.63, 3.8) is 0 Å². The summed E-state index contributed by atoms with van der Waals surface area (Å²) in [5.74, 6) is 0.508. The maximum absolute atomic E-state index is 11.7. The third-order valence-electron chi connectivity index (χ3n) is 2.29. The largest absolute Gasteiger partial charge is 0.396 e. The van der Waals surface area contributed by atoms with E-state index in [-0.39, 0.29) is 18.3 Å². The van der Waals surface area contributed by atoms with Crippen LogP contribution in [0.3, 0.4) is 0 Å². The van der Waals surface area contributed by atoms with Crippen LogP contribution in [0.2, 0.25) is 0 Å². The molecule has 0 saturated carbocycles. The van der Waals surface area contributed by atoms with Gasteiger partial charge in [0.15, 0.2) is 0 Å². The van der Waals surface area contributed by atoms with Gasteiger partial charge in [0, 0.05) is 19.2 Å². The van der Waals surface area contributed by atoms with E-state index in [1.165, 1.54) is 0 Å². The number of aryl methyl sites for hydroxylation is 1. The Balaban J connectivity index is 2.46. The van der Waals surface area contributed by atoms with E-state index in [0.717, 1.165) is 0 Å². The monoisotopic (exact) mass is 262 g/mol. The van der Waals surface area contributed by atoms with Gasteiger partial charge >= 0.3 is 0 Å². The molecule has 0 bridgehead atoms. The van der Waals surface area contributed by atoms with Crippen molar-refractivity contribution >= 4 is 10.0 Å². The third kappa shape index (κ3) is 5.29. The predicted octanol–water partition coefficient (Wildman–Crippen LogP) is 0.421. The number of nitrogens with one attached hydrogen (secondary N) is 1. The smallest absolute Gasteiger partial charge is 0.217 e. The molecule has 0 aliphatic heterocycles. The van der Waals surface area contributed by atoms with Gasteiger partial charge in [0.05, 0.1) is 0 Å². The number of aliphatic hydroxyl groups excluding tert-OH is 1. The number of hydrogen-bond donors (Lipinski definition) is 2. The van der Waals surface area contributed by atoms with Crippen LogP contribution in [0.25, 0.3) is 0 Å². The summed E-state index contributed by atoms with van der Waals surface area (Å²) >= 11 is 0. The highest BCUT2D eigenvalue weighted by Crippen LogP contribution is 2.06. The molecule has 0 saturated heterocycles. The van der Waals surface area contributed by atoms with Crippen LogP contribution in [0.4, 0.5) is 0 Å². The Labute approximate surface area is 101 Å². The second kappa shape index (κ2) is 6.13. The van der Waals surface area contributed by atoms with Gasteiger partial charge in [0.1, 0.15) is 17.2 Å². The summed E-state index contributed by atoms with van der Waals surface area (Å²) < 4.78 is 30.6. The van der Waals surface area contributed by atoms with Crippen LogP contribution < -0.4 is 4.72 Å². The van der Waals surface area contributed by atoms with Crippen molar-refractivity contribution in [1.82, 2.24) is 9.88 Å². The molecule has 0 aliphatic carbocycles. The minimum absolute atomic E-state index is 0.0609. The van der Waals surface area contributed by atoms with Crippen LogP contribution in [0.15, 0.2) is 10.6 Å². The van der Waals surface area contributed by atoms with Crippen molar-refractivity contribution in [2.75, 3.05) is 13.2 Å². The molecule has 0 aliphatic rings. The van der Waals surface area contributed by atoms with Crippen LogP contribution in [-0.2, 0) is 15.8 Å². The summed E-state index contributed by atoms with van der Waals surface area (Å²) in [6, 6.07) is 1.59. The standard InChI is InChI=1S/C10H18N2O4S/c1-8(3-4-13)6-11-17(14,15)7-10-5-9(2)16-12-10/h5,8,11,13H,3-4,6-7H2,1-2H3. The molecule has 7 heteroatoms. The van der Waals surface area contributed by atoms with Gasteiger partial charge < -0.3 is 9.63 Å². The highest BCUT2D eigenvalue weighted by atomic mass is 32.2. The van der Waals surface area contributed by atoms with Gasteiger partial charge in [-0.3, -0.25) is 0 Å². The summed E-state index contributed by atoms with van der Waals surface area (Å²) in [4.78, 5) is 0. The Kier molecular flexibility index (Phi) is 5.10. The zero-order valence-electron chi connectivity index (χ0n) is 10.0. The van der Waals surface area contributed by atoms with Gasteiger partial charge in [0.25, 0.3) is 0 Å². The predicted molar refractivity (Wildman–Crippen MR) is 62.7 cm³/mol. The molecule has 1 atom stereocenters. The Bertz CT molecular complexity index is 441. The minimum atomic E-state index is -3.39. The van der Waals surface area contributed by atoms with E-state index in [1.807, 2.05) is 6.92 Å². The molecule has 1 unspecified atom stereocenters. The van der Waals surface area contributed by atoms with Crippen molar-refractivity contribution in [3.8, 4) is 0 Å². The van der Waals surface area contributed by atoms with Crippen molar-refractivity contribution < 1.29 is 18.0 Å². The van der Waals surface area contributed by atoms with E-state index >= 15 is 0 Å². The van der Waals surface area contributed by atoms with E-state index in [4.69, 9.17) is 9.63 Å². The maximum atomic E-state index is 11.7. The van der Waals surface area contributed by atoms with E-state index < -0.39 is 10.0 Å². The highest BCUT2D eigenvalue weighted by molar-refractivity contribution is 7.88. The van der Waals surface area contributed by atoms with Gasteiger partial charge in [-0.2, -0.15) is 0 Å². The second-order valence-electron chi connectivity index (χ2n) is 4.15. The van der Waals surface area contributed by atoms with Crippen LogP contribution in [0.5, 0.6) is 0 Å². The van der Waals surface area contributed by atoms with E-state index in [1.54, 1.807) is 13.0 Å². The average molecular weight is 262 g/mol. The molecule has 0 aromatic carbocycles. The molecule has 98 valence electrons. The normalized spacial score (nSPS) is 13.8. The fraction of sp³-hybridized carbons (Fsp3) is 0.700. The number of nitrogens with zero attached hydrogens (tertiary/aromatic N) is 1.